The van der Waals surface area contributed by atoms with Crippen molar-refractivity contribution in [2.24, 2.45) is 0 Å². The van der Waals surface area contributed by atoms with Crippen LogP contribution in [-0.4, -0.2) is 0 Å². The second-order valence-corrected chi connectivity index (χ2v) is 15.8. The lowest BCUT2D eigenvalue weighted by Gasteiger charge is -2.20. The largest absolute Gasteiger partial charge is 0.135 e. The van der Waals surface area contributed by atoms with E-state index in [0.29, 0.717) is 0 Å². The van der Waals surface area contributed by atoms with Gasteiger partial charge in [-0.2, -0.15) is 0 Å². The molecule has 0 atom stereocenters. The molecule has 1 heterocycles. The number of benzene rings is 8. The van der Waals surface area contributed by atoms with E-state index >= 15 is 0 Å². The van der Waals surface area contributed by atoms with Gasteiger partial charge in [-0.25, -0.2) is 0 Å². The fraction of sp³-hybridized carbons (Fsp3) is 0. The fourth-order valence-corrected chi connectivity index (χ4v) is 11.1. The predicted octanol–water partition coefficient (Wildman–Crippen LogP) is 11.9. The van der Waals surface area contributed by atoms with E-state index in [4.69, 9.17) is 0 Å². The lowest BCUT2D eigenvalue weighted by atomic mass is 9.98. The van der Waals surface area contributed by atoms with Crippen LogP contribution < -0.4 is 15.9 Å². The third kappa shape index (κ3) is 4.40. The summed E-state index contributed by atoms with van der Waals surface area (Å²) in [5.74, 6) is 0. The fourth-order valence-electron chi connectivity index (χ4n) is 7.58. The van der Waals surface area contributed by atoms with E-state index in [0.717, 1.165) is 0 Å². The highest BCUT2D eigenvalue weighted by Crippen LogP contribution is 2.51. The second kappa shape index (κ2) is 11.1. The molecule has 1 aliphatic rings. The zero-order valence-electron chi connectivity index (χ0n) is 26.1. The lowest BCUT2D eigenvalue weighted by Crippen LogP contribution is -2.20. The Morgan fingerprint density at radius 2 is 0.833 bits per heavy atom. The Kier molecular flexibility index (Phi) is 6.44. The van der Waals surface area contributed by atoms with Crippen LogP contribution in [0.25, 0.3) is 75.5 Å². The van der Waals surface area contributed by atoms with Crippen molar-refractivity contribution in [3.63, 3.8) is 0 Å². The summed E-state index contributed by atoms with van der Waals surface area (Å²) in [6.45, 7) is 0. The molecule has 2 heteroatoms. The van der Waals surface area contributed by atoms with E-state index in [1.807, 2.05) is 11.3 Å². The summed E-state index contributed by atoms with van der Waals surface area (Å²) in [6, 6.07) is 65.3. The van der Waals surface area contributed by atoms with Gasteiger partial charge in [-0.15, -0.1) is 11.3 Å². The first-order valence-electron chi connectivity index (χ1n) is 16.4. The molecular formula is C46H29PS. The minimum atomic E-state index is -0.774. The van der Waals surface area contributed by atoms with Gasteiger partial charge in [-0.3, -0.25) is 0 Å². The minimum Gasteiger partial charge on any atom is -0.135 e. The SMILES string of the molecule is c1ccc(-c2ccc(P(c3ccc(-c4ccccc4)cc3)c3ccc4c(c3)sc3cc5c6c(cccc6c34)-c3ccccc3-5)cc2)cc1. The molecule has 0 aliphatic heterocycles. The number of hydrogen-bond acceptors (Lipinski definition) is 1. The molecule has 9 aromatic rings. The van der Waals surface area contributed by atoms with Gasteiger partial charge in [0.15, 0.2) is 0 Å². The van der Waals surface area contributed by atoms with Gasteiger partial charge < -0.3 is 0 Å². The van der Waals surface area contributed by atoms with E-state index in [9.17, 15) is 0 Å². The van der Waals surface area contributed by atoms with Crippen LogP contribution in [0.2, 0.25) is 0 Å². The van der Waals surface area contributed by atoms with E-state index in [-0.39, 0.29) is 0 Å². The van der Waals surface area contributed by atoms with Gasteiger partial charge in [0.05, 0.1) is 0 Å². The zero-order valence-corrected chi connectivity index (χ0v) is 27.8. The van der Waals surface area contributed by atoms with Crippen LogP contribution in [0.1, 0.15) is 0 Å². The average Bonchev–Trinajstić information content (AvgIpc) is 3.69. The van der Waals surface area contributed by atoms with Crippen molar-refractivity contribution < 1.29 is 0 Å². The monoisotopic (exact) mass is 644 g/mol. The highest BCUT2D eigenvalue weighted by Gasteiger charge is 2.24. The van der Waals surface area contributed by atoms with Crippen LogP contribution in [-0.2, 0) is 0 Å². The molecule has 1 aromatic heterocycles. The smallest absolute Gasteiger partial charge is 0.0368 e. The molecule has 10 rings (SSSR count). The van der Waals surface area contributed by atoms with Gasteiger partial charge in [0.25, 0.3) is 0 Å². The Labute approximate surface area is 285 Å². The Morgan fingerprint density at radius 3 is 1.46 bits per heavy atom. The number of fused-ring (bicyclic) bond motifs is 7. The van der Waals surface area contributed by atoms with Gasteiger partial charge in [0.2, 0.25) is 0 Å². The Hall–Kier alpha value is -5.33. The van der Waals surface area contributed by atoms with Gasteiger partial charge in [0.1, 0.15) is 0 Å². The summed E-state index contributed by atoms with van der Waals surface area (Å²) in [5, 5.41) is 9.61. The molecule has 0 bridgehead atoms. The maximum Gasteiger partial charge on any atom is 0.0368 e. The topological polar surface area (TPSA) is 0 Å². The van der Waals surface area contributed by atoms with Gasteiger partial charge in [-0.05, 0) is 91.2 Å². The first kappa shape index (κ1) is 27.8. The van der Waals surface area contributed by atoms with Gasteiger partial charge in [-0.1, -0.05) is 164 Å². The van der Waals surface area contributed by atoms with Crippen molar-refractivity contribution in [1.29, 1.82) is 0 Å². The van der Waals surface area contributed by atoms with Crippen molar-refractivity contribution in [2.45, 2.75) is 0 Å². The van der Waals surface area contributed by atoms with Crippen molar-refractivity contribution in [1.82, 2.24) is 0 Å². The van der Waals surface area contributed by atoms with Crippen molar-refractivity contribution in [2.75, 3.05) is 0 Å². The number of hydrogen-bond donors (Lipinski definition) is 0. The number of rotatable bonds is 5. The van der Waals surface area contributed by atoms with Crippen LogP contribution in [0.4, 0.5) is 0 Å². The molecule has 0 amide bonds. The van der Waals surface area contributed by atoms with Crippen LogP contribution in [0.3, 0.4) is 0 Å². The Morgan fingerprint density at radius 1 is 0.312 bits per heavy atom. The molecule has 0 fully saturated rings. The molecule has 0 nitrogen and oxygen atoms in total. The summed E-state index contributed by atoms with van der Waals surface area (Å²) in [4.78, 5) is 0. The third-order valence-corrected chi connectivity index (χ3v) is 13.3. The van der Waals surface area contributed by atoms with Gasteiger partial charge in [0, 0.05) is 20.2 Å². The maximum atomic E-state index is 2.48. The van der Waals surface area contributed by atoms with Crippen LogP contribution in [0.15, 0.2) is 176 Å². The van der Waals surface area contributed by atoms with Crippen molar-refractivity contribution in [3.8, 4) is 44.5 Å². The van der Waals surface area contributed by atoms with Crippen LogP contribution in [0.5, 0.6) is 0 Å². The summed E-state index contributed by atoms with van der Waals surface area (Å²) >= 11 is 1.94. The Balaban J connectivity index is 1.13. The van der Waals surface area contributed by atoms with E-state index in [2.05, 4.69) is 176 Å². The first-order valence-corrected chi connectivity index (χ1v) is 18.6. The van der Waals surface area contributed by atoms with Crippen molar-refractivity contribution in [3.05, 3.63) is 176 Å². The second-order valence-electron chi connectivity index (χ2n) is 12.5. The standard InChI is InChI=1S/C46H29PS/c1-3-10-30(11-4-1)32-18-22-34(23-19-32)47(35-24-20-33(21-25-35)31-12-5-2-6-13-31)36-26-27-40-43(28-36)48-44-29-42-38-15-8-7-14-37(38)39-16-9-17-41(45(39)42)46(40)44/h1-29H. The molecule has 0 radical (unpaired) electrons. The molecule has 224 valence electrons. The summed E-state index contributed by atoms with van der Waals surface area (Å²) in [7, 11) is -0.774. The van der Waals surface area contributed by atoms with E-state index in [1.54, 1.807) is 0 Å². The minimum absolute atomic E-state index is 0.774. The zero-order chi connectivity index (χ0) is 31.6. The molecule has 48 heavy (non-hydrogen) atoms. The average molecular weight is 645 g/mol. The quantitative estimate of drug-likeness (QED) is 0.164. The Bertz CT molecular complexity index is 2550. The lowest BCUT2D eigenvalue weighted by molar-refractivity contribution is 1.63. The molecule has 0 N–H and O–H groups in total. The first-order chi connectivity index (χ1) is 23.8. The van der Waals surface area contributed by atoms with Crippen LogP contribution >= 0.6 is 19.3 Å². The molecule has 0 spiro atoms. The molecule has 1 aliphatic carbocycles. The highest BCUT2D eigenvalue weighted by molar-refractivity contribution is 7.79. The molecular weight excluding hydrogens is 616 g/mol. The summed E-state index contributed by atoms with van der Waals surface area (Å²) in [5.41, 5.74) is 10.4. The van der Waals surface area contributed by atoms with E-state index in [1.165, 1.54) is 91.4 Å². The molecule has 0 unspecified atom stereocenters. The van der Waals surface area contributed by atoms with Gasteiger partial charge >= 0.3 is 0 Å². The molecule has 0 saturated heterocycles. The summed E-state index contributed by atoms with van der Waals surface area (Å²) < 4.78 is 2.72. The normalized spacial score (nSPS) is 11.9. The molecule has 0 saturated carbocycles. The molecule has 8 aromatic carbocycles. The van der Waals surface area contributed by atoms with Crippen molar-refractivity contribution >= 4 is 66.1 Å². The predicted molar refractivity (Wildman–Crippen MR) is 211 cm³/mol. The third-order valence-electron chi connectivity index (χ3n) is 9.81. The highest BCUT2D eigenvalue weighted by atomic mass is 32.1. The van der Waals surface area contributed by atoms with E-state index < -0.39 is 7.92 Å². The summed E-state index contributed by atoms with van der Waals surface area (Å²) in [6.07, 6.45) is 0. The van der Waals surface area contributed by atoms with Crippen LogP contribution in [0, 0.1) is 0 Å². The maximum absolute atomic E-state index is 2.48. The number of thiophene rings is 1.